The predicted octanol–water partition coefficient (Wildman–Crippen LogP) is 1.47. The van der Waals surface area contributed by atoms with E-state index in [1.807, 2.05) is 13.8 Å². The summed E-state index contributed by atoms with van der Waals surface area (Å²) in [6.45, 7) is 4.71. The summed E-state index contributed by atoms with van der Waals surface area (Å²) in [5, 5.41) is 0. The van der Waals surface area contributed by atoms with E-state index >= 15 is 0 Å². The first-order valence-electron chi connectivity index (χ1n) is 6.55. The number of carbonyl (C=O) groups excluding carboxylic acids is 1. The SMILES string of the molecule is CCN(CC(C)C(N)=S)C(=O)c1ccc(S(C)(=O)=O)cc1. The summed E-state index contributed by atoms with van der Waals surface area (Å²) in [5.74, 6) is -0.236. The number of carbonyl (C=O) groups is 1. The van der Waals surface area contributed by atoms with Crippen LogP contribution in [0.2, 0.25) is 0 Å². The summed E-state index contributed by atoms with van der Waals surface area (Å²) in [7, 11) is -3.26. The maximum Gasteiger partial charge on any atom is 0.253 e. The average molecular weight is 328 g/mol. The van der Waals surface area contributed by atoms with E-state index < -0.39 is 9.84 Å². The highest BCUT2D eigenvalue weighted by molar-refractivity contribution is 7.90. The first-order valence-corrected chi connectivity index (χ1v) is 8.85. The van der Waals surface area contributed by atoms with E-state index in [4.69, 9.17) is 18.0 Å². The molecular weight excluding hydrogens is 308 g/mol. The molecule has 0 aliphatic rings. The van der Waals surface area contributed by atoms with Crippen molar-refractivity contribution in [3.05, 3.63) is 29.8 Å². The molecule has 5 nitrogen and oxygen atoms in total. The molecule has 0 spiro atoms. The molecule has 0 saturated heterocycles. The van der Waals surface area contributed by atoms with Crippen LogP contribution >= 0.6 is 12.2 Å². The van der Waals surface area contributed by atoms with Gasteiger partial charge < -0.3 is 10.6 Å². The molecule has 0 radical (unpaired) electrons. The first kappa shape index (κ1) is 17.6. The van der Waals surface area contributed by atoms with Crippen LogP contribution in [0, 0.1) is 5.92 Å². The second-order valence-electron chi connectivity index (χ2n) is 4.94. The molecule has 21 heavy (non-hydrogen) atoms. The molecule has 1 amide bonds. The number of hydrogen-bond acceptors (Lipinski definition) is 4. The fourth-order valence-electron chi connectivity index (χ4n) is 1.80. The molecule has 2 N–H and O–H groups in total. The number of sulfone groups is 1. The average Bonchev–Trinajstić information content (AvgIpc) is 2.42. The van der Waals surface area contributed by atoms with Crippen molar-refractivity contribution in [1.29, 1.82) is 0 Å². The van der Waals surface area contributed by atoms with Gasteiger partial charge in [-0.25, -0.2) is 8.42 Å². The van der Waals surface area contributed by atoms with Gasteiger partial charge in [-0.2, -0.15) is 0 Å². The molecule has 0 aliphatic carbocycles. The van der Waals surface area contributed by atoms with Crippen molar-refractivity contribution in [3.63, 3.8) is 0 Å². The Balaban J connectivity index is 2.93. The van der Waals surface area contributed by atoms with Gasteiger partial charge in [-0.15, -0.1) is 0 Å². The van der Waals surface area contributed by atoms with Gasteiger partial charge in [0.15, 0.2) is 9.84 Å². The Kier molecular flexibility index (Phi) is 5.86. The molecular formula is C14H20N2O3S2. The molecule has 0 saturated carbocycles. The van der Waals surface area contributed by atoms with Gasteiger partial charge in [0.2, 0.25) is 0 Å². The van der Waals surface area contributed by atoms with E-state index in [-0.39, 0.29) is 16.7 Å². The van der Waals surface area contributed by atoms with E-state index in [0.29, 0.717) is 23.6 Å². The minimum atomic E-state index is -3.26. The van der Waals surface area contributed by atoms with Crippen LogP contribution < -0.4 is 5.73 Å². The Morgan fingerprint density at radius 3 is 2.24 bits per heavy atom. The van der Waals surface area contributed by atoms with Crippen LogP contribution in [0.3, 0.4) is 0 Å². The quantitative estimate of drug-likeness (QED) is 0.800. The van der Waals surface area contributed by atoms with Crippen LogP contribution in [0.4, 0.5) is 0 Å². The summed E-state index contributed by atoms with van der Waals surface area (Å²) in [4.78, 5) is 14.6. The van der Waals surface area contributed by atoms with E-state index in [1.54, 1.807) is 4.90 Å². The maximum absolute atomic E-state index is 12.4. The van der Waals surface area contributed by atoms with E-state index in [1.165, 1.54) is 24.3 Å². The lowest BCUT2D eigenvalue weighted by Crippen LogP contribution is -2.38. The number of hydrogen-bond donors (Lipinski definition) is 1. The van der Waals surface area contributed by atoms with Gasteiger partial charge in [-0.1, -0.05) is 19.1 Å². The second kappa shape index (κ2) is 7.00. The largest absolute Gasteiger partial charge is 0.393 e. The van der Waals surface area contributed by atoms with E-state index in [9.17, 15) is 13.2 Å². The van der Waals surface area contributed by atoms with Crippen molar-refractivity contribution in [3.8, 4) is 0 Å². The van der Waals surface area contributed by atoms with Crippen LogP contribution in [-0.4, -0.2) is 43.6 Å². The molecule has 116 valence electrons. The molecule has 1 rings (SSSR count). The molecule has 1 aromatic carbocycles. The van der Waals surface area contributed by atoms with E-state index in [0.717, 1.165) is 6.26 Å². The summed E-state index contributed by atoms with van der Waals surface area (Å²) < 4.78 is 22.8. The van der Waals surface area contributed by atoms with Crippen LogP contribution in [0.5, 0.6) is 0 Å². The molecule has 0 heterocycles. The monoisotopic (exact) mass is 328 g/mol. The molecule has 0 aromatic heterocycles. The van der Waals surface area contributed by atoms with Crippen LogP contribution in [0.1, 0.15) is 24.2 Å². The Morgan fingerprint density at radius 2 is 1.86 bits per heavy atom. The zero-order valence-electron chi connectivity index (χ0n) is 12.4. The van der Waals surface area contributed by atoms with Crippen molar-refractivity contribution in [2.24, 2.45) is 11.7 Å². The molecule has 1 unspecified atom stereocenters. The number of nitrogens with zero attached hydrogens (tertiary/aromatic N) is 1. The lowest BCUT2D eigenvalue weighted by atomic mass is 10.1. The molecule has 0 fully saturated rings. The highest BCUT2D eigenvalue weighted by Gasteiger charge is 2.18. The predicted molar refractivity (Wildman–Crippen MR) is 87.1 cm³/mol. The fourth-order valence-corrected chi connectivity index (χ4v) is 2.51. The van der Waals surface area contributed by atoms with E-state index in [2.05, 4.69) is 0 Å². The lowest BCUT2D eigenvalue weighted by Gasteiger charge is -2.24. The van der Waals surface area contributed by atoms with Crippen LogP contribution in [-0.2, 0) is 9.84 Å². The highest BCUT2D eigenvalue weighted by atomic mass is 32.2. The van der Waals surface area contributed by atoms with Crippen molar-refractivity contribution in [1.82, 2.24) is 4.90 Å². The Bertz CT molecular complexity index is 624. The van der Waals surface area contributed by atoms with Crippen molar-refractivity contribution < 1.29 is 13.2 Å². The van der Waals surface area contributed by atoms with Gasteiger partial charge in [0.25, 0.3) is 5.91 Å². The third-order valence-electron chi connectivity index (χ3n) is 3.18. The zero-order chi connectivity index (χ0) is 16.2. The normalized spacial score (nSPS) is 12.7. The maximum atomic E-state index is 12.4. The van der Waals surface area contributed by atoms with Crippen molar-refractivity contribution in [2.75, 3.05) is 19.3 Å². The molecule has 0 aliphatic heterocycles. The standard InChI is InChI=1S/C14H20N2O3S2/c1-4-16(9-10(2)13(15)20)14(17)11-5-7-12(8-6-11)21(3,18)19/h5-8,10H,4,9H2,1-3H3,(H2,15,20). The number of thiocarbonyl (C=S) groups is 1. The van der Waals surface area contributed by atoms with Crippen LogP contribution in [0.25, 0.3) is 0 Å². The minimum absolute atomic E-state index is 0.0702. The third-order valence-corrected chi connectivity index (χ3v) is 4.71. The number of nitrogens with two attached hydrogens (primary N) is 1. The summed E-state index contributed by atoms with van der Waals surface area (Å²) in [6, 6.07) is 5.92. The zero-order valence-corrected chi connectivity index (χ0v) is 14.0. The van der Waals surface area contributed by atoms with Gasteiger partial charge in [0.1, 0.15) is 0 Å². The molecule has 7 heteroatoms. The molecule has 1 aromatic rings. The Hall–Kier alpha value is -1.47. The molecule has 0 bridgehead atoms. The van der Waals surface area contributed by atoms with Crippen molar-refractivity contribution >= 4 is 33.0 Å². The summed E-state index contributed by atoms with van der Waals surface area (Å²) in [6.07, 6.45) is 1.13. The lowest BCUT2D eigenvalue weighted by molar-refractivity contribution is 0.0755. The van der Waals surface area contributed by atoms with Gasteiger partial charge in [0.05, 0.1) is 9.88 Å². The topological polar surface area (TPSA) is 80.5 Å². The highest BCUT2D eigenvalue weighted by Crippen LogP contribution is 2.13. The van der Waals surface area contributed by atoms with Crippen molar-refractivity contribution in [2.45, 2.75) is 18.7 Å². The summed E-state index contributed by atoms with van der Waals surface area (Å²) >= 11 is 4.92. The minimum Gasteiger partial charge on any atom is -0.393 e. The summed E-state index contributed by atoms with van der Waals surface area (Å²) in [5.41, 5.74) is 6.02. The smallest absolute Gasteiger partial charge is 0.253 e. The number of benzene rings is 1. The Labute approximate surface area is 131 Å². The Morgan fingerprint density at radius 1 is 1.33 bits per heavy atom. The number of rotatable bonds is 6. The van der Waals surface area contributed by atoms with Gasteiger partial charge in [0, 0.05) is 30.8 Å². The molecule has 1 atom stereocenters. The van der Waals surface area contributed by atoms with Gasteiger partial charge >= 0.3 is 0 Å². The second-order valence-corrected chi connectivity index (χ2v) is 7.43. The number of amides is 1. The van der Waals surface area contributed by atoms with Gasteiger partial charge in [-0.3, -0.25) is 4.79 Å². The van der Waals surface area contributed by atoms with Crippen LogP contribution in [0.15, 0.2) is 29.2 Å². The third kappa shape index (κ3) is 4.78. The van der Waals surface area contributed by atoms with Gasteiger partial charge in [-0.05, 0) is 31.2 Å². The first-order chi connectivity index (χ1) is 9.66. The fraction of sp³-hybridized carbons (Fsp3) is 0.429.